The fraction of sp³-hybridized carbons (Fsp3) is 0.231. The third kappa shape index (κ3) is 2.64. The summed E-state index contributed by atoms with van der Waals surface area (Å²) >= 11 is 0. The van der Waals surface area contributed by atoms with Crippen LogP contribution in [0.4, 0.5) is 0 Å². The Kier molecular flexibility index (Phi) is 3.27. The van der Waals surface area contributed by atoms with Gasteiger partial charge in [-0.3, -0.25) is 9.97 Å². The van der Waals surface area contributed by atoms with Crippen molar-refractivity contribution in [3.63, 3.8) is 0 Å². The highest BCUT2D eigenvalue weighted by molar-refractivity contribution is 5.18. The van der Waals surface area contributed by atoms with Crippen molar-refractivity contribution in [3.8, 4) is 0 Å². The van der Waals surface area contributed by atoms with Gasteiger partial charge in [0.2, 0.25) is 0 Å². The normalized spacial score (nSPS) is 12.4. The van der Waals surface area contributed by atoms with Gasteiger partial charge in [0.1, 0.15) is 0 Å². The number of nitrogens with zero attached hydrogens (tertiary/aromatic N) is 2. The quantitative estimate of drug-likeness (QED) is 0.850. The van der Waals surface area contributed by atoms with E-state index in [2.05, 4.69) is 9.97 Å². The summed E-state index contributed by atoms with van der Waals surface area (Å²) in [5, 5.41) is 9.98. The summed E-state index contributed by atoms with van der Waals surface area (Å²) in [5.74, 6) is 0. The molecule has 0 aliphatic rings. The smallest absolute Gasteiger partial charge is 0.0860 e. The number of aliphatic hydroxyl groups excluding tert-OH is 1. The molecule has 3 nitrogen and oxygen atoms in total. The molecule has 0 aromatic carbocycles. The van der Waals surface area contributed by atoms with E-state index in [1.165, 1.54) is 0 Å². The van der Waals surface area contributed by atoms with E-state index >= 15 is 0 Å². The van der Waals surface area contributed by atoms with E-state index in [9.17, 15) is 5.11 Å². The third-order valence-corrected chi connectivity index (χ3v) is 2.45. The van der Waals surface area contributed by atoms with Gasteiger partial charge in [0.05, 0.1) is 6.10 Å². The van der Waals surface area contributed by atoms with Gasteiger partial charge in [-0.1, -0.05) is 12.1 Å². The lowest BCUT2D eigenvalue weighted by Crippen LogP contribution is -2.03. The lowest BCUT2D eigenvalue weighted by molar-refractivity contribution is 0.177. The molecule has 0 saturated carbocycles. The fourth-order valence-corrected chi connectivity index (χ4v) is 1.51. The summed E-state index contributed by atoms with van der Waals surface area (Å²) in [6.45, 7) is 1.93. The first-order valence-corrected chi connectivity index (χ1v) is 5.26. The Balaban J connectivity index is 2.09. The highest BCUT2D eigenvalue weighted by Gasteiger charge is 2.09. The van der Waals surface area contributed by atoms with Crippen LogP contribution in [0.3, 0.4) is 0 Å². The molecule has 1 unspecified atom stereocenters. The molecule has 16 heavy (non-hydrogen) atoms. The van der Waals surface area contributed by atoms with Gasteiger partial charge in [-0.2, -0.15) is 0 Å². The van der Waals surface area contributed by atoms with E-state index < -0.39 is 6.10 Å². The maximum absolute atomic E-state index is 9.98. The van der Waals surface area contributed by atoms with Crippen LogP contribution in [0.15, 0.2) is 42.7 Å². The second-order valence-electron chi connectivity index (χ2n) is 3.77. The number of rotatable bonds is 3. The molecular weight excluding hydrogens is 200 g/mol. The van der Waals surface area contributed by atoms with Crippen LogP contribution in [0, 0.1) is 6.92 Å². The zero-order valence-electron chi connectivity index (χ0n) is 9.17. The molecular formula is C13H14N2O. The average molecular weight is 214 g/mol. The minimum Gasteiger partial charge on any atom is -0.388 e. The summed E-state index contributed by atoms with van der Waals surface area (Å²) in [5.41, 5.74) is 2.67. The van der Waals surface area contributed by atoms with Gasteiger partial charge in [0, 0.05) is 30.2 Å². The van der Waals surface area contributed by atoms with E-state index in [1.807, 2.05) is 37.3 Å². The number of aryl methyl sites for hydroxylation is 1. The standard InChI is InChI=1S/C13H14N2O/c1-10-5-6-11(9-15-10)13(16)8-12-4-2-3-7-14-12/h2-7,9,13,16H,8H2,1H3. The minimum atomic E-state index is -0.539. The topological polar surface area (TPSA) is 46.0 Å². The molecule has 0 aliphatic carbocycles. The van der Waals surface area contributed by atoms with Crippen molar-refractivity contribution in [1.29, 1.82) is 0 Å². The van der Waals surface area contributed by atoms with Crippen molar-refractivity contribution < 1.29 is 5.11 Å². The average Bonchev–Trinajstić information content (AvgIpc) is 2.31. The maximum Gasteiger partial charge on any atom is 0.0860 e. The lowest BCUT2D eigenvalue weighted by Gasteiger charge is -2.09. The van der Waals surface area contributed by atoms with Gasteiger partial charge >= 0.3 is 0 Å². The van der Waals surface area contributed by atoms with Gasteiger partial charge in [0.15, 0.2) is 0 Å². The molecule has 0 aliphatic heterocycles. The molecule has 2 aromatic rings. The minimum absolute atomic E-state index is 0.519. The molecule has 0 amide bonds. The van der Waals surface area contributed by atoms with Gasteiger partial charge in [-0.15, -0.1) is 0 Å². The molecule has 0 fully saturated rings. The van der Waals surface area contributed by atoms with Gasteiger partial charge < -0.3 is 5.11 Å². The summed E-state index contributed by atoms with van der Waals surface area (Å²) in [4.78, 5) is 8.34. The molecule has 1 atom stereocenters. The van der Waals surface area contributed by atoms with Crippen LogP contribution in [0.5, 0.6) is 0 Å². The van der Waals surface area contributed by atoms with E-state index in [0.717, 1.165) is 17.0 Å². The molecule has 0 saturated heterocycles. The van der Waals surface area contributed by atoms with E-state index in [-0.39, 0.29) is 0 Å². The molecule has 0 radical (unpaired) electrons. The van der Waals surface area contributed by atoms with E-state index in [4.69, 9.17) is 0 Å². The Labute approximate surface area is 94.8 Å². The Bertz CT molecular complexity index is 439. The number of hydrogen-bond acceptors (Lipinski definition) is 3. The molecule has 2 aromatic heterocycles. The summed E-state index contributed by atoms with van der Waals surface area (Å²) in [6, 6.07) is 9.49. The van der Waals surface area contributed by atoms with Crippen LogP contribution in [0.1, 0.15) is 23.1 Å². The highest BCUT2D eigenvalue weighted by Crippen LogP contribution is 2.16. The summed E-state index contributed by atoms with van der Waals surface area (Å²) in [6.07, 6.45) is 3.42. The van der Waals surface area contributed by atoms with E-state index in [0.29, 0.717) is 6.42 Å². The number of pyridine rings is 2. The number of aliphatic hydroxyl groups is 1. The SMILES string of the molecule is Cc1ccc(C(O)Cc2ccccn2)cn1. The van der Waals surface area contributed by atoms with Crippen LogP contribution in [0.2, 0.25) is 0 Å². The third-order valence-electron chi connectivity index (χ3n) is 2.45. The Morgan fingerprint density at radius 3 is 2.69 bits per heavy atom. The largest absolute Gasteiger partial charge is 0.388 e. The maximum atomic E-state index is 9.98. The predicted molar refractivity (Wildman–Crippen MR) is 61.9 cm³/mol. The number of aromatic nitrogens is 2. The molecule has 82 valence electrons. The molecule has 0 spiro atoms. The van der Waals surface area contributed by atoms with Crippen LogP contribution >= 0.6 is 0 Å². The molecule has 2 rings (SSSR count). The zero-order valence-corrected chi connectivity index (χ0v) is 9.17. The molecule has 3 heteroatoms. The van der Waals surface area contributed by atoms with Crippen LogP contribution in [-0.2, 0) is 6.42 Å². The van der Waals surface area contributed by atoms with Crippen molar-refractivity contribution in [2.24, 2.45) is 0 Å². The summed E-state index contributed by atoms with van der Waals surface area (Å²) < 4.78 is 0. The van der Waals surface area contributed by atoms with Crippen LogP contribution in [-0.4, -0.2) is 15.1 Å². The molecule has 0 bridgehead atoms. The van der Waals surface area contributed by atoms with Crippen LogP contribution < -0.4 is 0 Å². The first kappa shape index (κ1) is 10.8. The second-order valence-corrected chi connectivity index (χ2v) is 3.77. The Hall–Kier alpha value is -1.74. The zero-order chi connectivity index (χ0) is 11.4. The van der Waals surface area contributed by atoms with Gasteiger partial charge in [0.25, 0.3) is 0 Å². The molecule has 1 N–H and O–H groups in total. The number of hydrogen-bond donors (Lipinski definition) is 1. The van der Waals surface area contributed by atoms with Crippen molar-refractivity contribution in [2.45, 2.75) is 19.4 Å². The van der Waals surface area contributed by atoms with Crippen molar-refractivity contribution in [1.82, 2.24) is 9.97 Å². The monoisotopic (exact) mass is 214 g/mol. The van der Waals surface area contributed by atoms with Gasteiger partial charge in [-0.05, 0) is 30.7 Å². The fourth-order valence-electron chi connectivity index (χ4n) is 1.51. The lowest BCUT2D eigenvalue weighted by atomic mass is 10.1. The van der Waals surface area contributed by atoms with Crippen molar-refractivity contribution in [2.75, 3.05) is 0 Å². The van der Waals surface area contributed by atoms with E-state index in [1.54, 1.807) is 12.4 Å². The molecule has 2 heterocycles. The Morgan fingerprint density at radius 2 is 2.06 bits per heavy atom. The van der Waals surface area contributed by atoms with Crippen LogP contribution in [0.25, 0.3) is 0 Å². The van der Waals surface area contributed by atoms with Gasteiger partial charge in [-0.25, -0.2) is 0 Å². The summed E-state index contributed by atoms with van der Waals surface area (Å²) in [7, 11) is 0. The highest BCUT2D eigenvalue weighted by atomic mass is 16.3. The Morgan fingerprint density at radius 1 is 1.19 bits per heavy atom. The first-order chi connectivity index (χ1) is 7.75. The van der Waals surface area contributed by atoms with Crippen molar-refractivity contribution >= 4 is 0 Å². The van der Waals surface area contributed by atoms with Crippen molar-refractivity contribution in [3.05, 3.63) is 59.7 Å². The predicted octanol–water partition coefficient (Wildman–Crippen LogP) is 2.06. The second kappa shape index (κ2) is 4.86. The first-order valence-electron chi connectivity index (χ1n) is 5.26.